The van der Waals surface area contributed by atoms with Crippen LogP contribution in [0.3, 0.4) is 0 Å². The lowest BCUT2D eigenvalue weighted by Crippen LogP contribution is -2.33. The Hall–Kier alpha value is -1.99. The number of carboxylic acid groups (broad SMARTS) is 1. The molecule has 0 radical (unpaired) electrons. The van der Waals surface area contributed by atoms with E-state index in [9.17, 15) is 14.4 Å². The van der Waals surface area contributed by atoms with E-state index in [1.807, 2.05) is 0 Å². The molecule has 10 heteroatoms. The van der Waals surface area contributed by atoms with Crippen LogP contribution in [0, 0.1) is 11.5 Å². The topological polar surface area (TPSA) is 137 Å². The van der Waals surface area contributed by atoms with Crippen LogP contribution < -0.4 is 0 Å². The summed E-state index contributed by atoms with van der Waals surface area (Å²) < 4.78 is 15.2. The smallest absolute Gasteiger partial charge is 0.464 e. The third kappa shape index (κ3) is 3.61. The first kappa shape index (κ1) is 12.0. The molecule has 2 amide bonds. The van der Waals surface area contributed by atoms with Gasteiger partial charge >= 0.3 is 18.3 Å². The molecule has 0 aromatic carbocycles. The zero-order valence-corrected chi connectivity index (χ0v) is 7.05. The Bertz CT molecular complexity index is 297. The van der Waals surface area contributed by atoms with Gasteiger partial charge in [0.2, 0.25) is 12.3 Å². The number of carbonyl (C=O) groups excluding carboxylic acids is 2. The molecule has 2 N–H and O–H groups in total. The molecule has 0 spiro atoms. The summed E-state index contributed by atoms with van der Waals surface area (Å²) in [6, 6.07) is 0. The van der Waals surface area contributed by atoms with E-state index >= 15 is 0 Å². The SMILES string of the molecule is N#CN(C(=O)O)C(=O)OC(=O)OSO. The highest BCUT2D eigenvalue weighted by atomic mass is 32.2. The summed E-state index contributed by atoms with van der Waals surface area (Å²) in [5, 5.41) is 16.3. The first-order chi connectivity index (χ1) is 6.52. The van der Waals surface area contributed by atoms with Crippen LogP contribution in [-0.2, 0) is 8.92 Å². The fraction of sp³-hybridized carbons (Fsp3) is 0. The summed E-state index contributed by atoms with van der Waals surface area (Å²) in [6.07, 6.45) is -4.38. The molecule has 14 heavy (non-hydrogen) atoms. The molecule has 0 aromatic rings. The van der Waals surface area contributed by atoms with E-state index in [1.165, 1.54) is 0 Å². The highest BCUT2D eigenvalue weighted by Crippen LogP contribution is 2.00. The molecule has 9 nitrogen and oxygen atoms in total. The van der Waals surface area contributed by atoms with Crippen LogP contribution in [0.5, 0.6) is 0 Å². The maximum atomic E-state index is 10.6. The Labute approximate surface area is 80.8 Å². The van der Waals surface area contributed by atoms with Gasteiger partial charge in [-0.3, -0.25) is 4.55 Å². The minimum absolute atomic E-state index is 0.396. The van der Waals surface area contributed by atoms with Crippen LogP contribution >= 0.6 is 12.3 Å². The summed E-state index contributed by atoms with van der Waals surface area (Å²) in [6.45, 7) is 0. The number of nitrogens with zero attached hydrogens (tertiary/aromatic N) is 2. The molecule has 0 unspecified atom stereocenters. The van der Waals surface area contributed by atoms with Crippen LogP contribution in [0.1, 0.15) is 0 Å². The minimum Gasteiger partial charge on any atom is -0.464 e. The number of imide groups is 1. The number of amides is 2. The molecule has 0 aliphatic carbocycles. The number of rotatable bonds is 1. The van der Waals surface area contributed by atoms with Crippen molar-refractivity contribution in [3.8, 4) is 6.19 Å². The highest BCUT2D eigenvalue weighted by Gasteiger charge is 2.25. The maximum absolute atomic E-state index is 10.6. The van der Waals surface area contributed by atoms with Gasteiger partial charge in [-0.15, -0.1) is 4.90 Å². The highest BCUT2D eigenvalue weighted by molar-refractivity contribution is 7.89. The lowest BCUT2D eigenvalue weighted by atomic mass is 10.8. The van der Waals surface area contributed by atoms with Gasteiger partial charge in [-0.2, -0.15) is 5.26 Å². The number of hydrogen-bond acceptors (Lipinski definition) is 8. The van der Waals surface area contributed by atoms with E-state index in [2.05, 4.69) is 8.92 Å². The fourth-order valence-electron chi connectivity index (χ4n) is 0.326. The van der Waals surface area contributed by atoms with Gasteiger partial charge in [0.25, 0.3) is 0 Å². The average molecular weight is 222 g/mol. The Morgan fingerprint density at radius 3 is 2.36 bits per heavy atom. The number of hydrogen-bond donors (Lipinski definition) is 2. The molecular weight excluding hydrogens is 220 g/mol. The monoisotopic (exact) mass is 222 g/mol. The molecule has 0 aliphatic heterocycles. The van der Waals surface area contributed by atoms with Crippen LogP contribution in [0.2, 0.25) is 0 Å². The molecule has 0 heterocycles. The fourth-order valence-corrected chi connectivity index (χ4v) is 0.421. The van der Waals surface area contributed by atoms with Gasteiger partial charge < -0.3 is 14.0 Å². The Morgan fingerprint density at radius 1 is 1.43 bits per heavy atom. The van der Waals surface area contributed by atoms with Crippen molar-refractivity contribution in [3.05, 3.63) is 0 Å². The Kier molecular flexibility index (Phi) is 4.82. The average Bonchev–Trinajstić information content (AvgIpc) is 2.04. The van der Waals surface area contributed by atoms with Gasteiger partial charge in [0.15, 0.2) is 6.19 Å². The second kappa shape index (κ2) is 5.62. The Morgan fingerprint density at radius 2 is 2.00 bits per heavy atom. The summed E-state index contributed by atoms with van der Waals surface area (Å²) in [5.74, 6) is 0. The zero-order chi connectivity index (χ0) is 11.1. The molecule has 0 saturated heterocycles. The molecule has 0 aromatic heterocycles. The van der Waals surface area contributed by atoms with Gasteiger partial charge in [-0.1, -0.05) is 0 Å². The van der Waals surface area contributed by atoms with Crippen molar-refractivity contribution in [2.45, 2.75) is 0 Å². The molecular formula is C4H2N2O7S. The standard InChI is InChI=1S/C4H2N2O7S/c5-1-6(2(7)8)3(9)12-4(10)13-14-11/h11H,(H,7,8). The van der Waals surface area contributed by atoms with Crippen LogP contribution in [-0.4, -0.2) is 32.9 Å². The molecule has 76 valence electrons. The van der Waals surface area contributed by atoms with E-state index in [-0.39, 0.29) is 0 Å². The van der Waals surface area contributed by atoms with Gasteiger partial charge in [-0.25, -0.2) is 14.4 Å². The number of ether oxygens (including phenoxy) is 1. The van der Waals surface area contributed by atoms with E-state index in [0.29, 0.717) is 0 Å². The van der Waals surface area contributed by atoms with Gasteiger partial charge in [-0.05, 0) is 0 Å². The summed E-state index contributed by atoms with van der Waals surface area (Å²) in [4.78, 5) is 30.6. The number of nitriles is 1. The van der Waals surface area contributed by atoms with Crippen molar-refractivity contribution in [2.24, 2.45) is 0 Å². The molecule has 0 saturated carbocycles. The third-order valence-corrected chi connectivity index (χ3v) is 0.960. The third-order valence-electron chi connectivity index (χ3n) is 0.750. The first-order valence-electron chi connectivity index (χ1n) is 2.69. The molecule has 0 bridgehead atoms. The second-order valence-electron chi connectivity index (χ2n) is 1.49. The Balaban J connectivity index is 4.27. The van der Waals surface area contributed by atoms with Crippen molar-refractivity contribution in [3.63, 3.8) is 0 Å². The van der Waals surface area contributed by atoms with Crippen molar-refractivity contribution in [1.82, 2.24) is 4.90 Å². The van der Waals surface area contributed by atoms with Gasteiger partial charge in [0.1, 0.15) is 0 Å². The lowest BCUT2D eigenvalue weighted by molar-refractivity contribution is 0.102. The van der Waals surface area contributed by atoms with Crippen molar-refractivity contribution >= 4 is 30.7 Å². The summed E-state index contributed by atoms with van der Waals surface area (Å²) in [5.41, 5.74) is 0. The second-order valence-corrected chi connectivity index (χ2v) is 1.81. The molecule has 0 rings (SSSR count). The van der Waals surface area contributed by atoms with E-state index < -0.39 is 35.6 Å². The predicted octanol–water partition coefficient (Wildman–Crippen LogP) is 0.842. The maximum Gasteiger partial charge on any atom is 0.531 e. The van der Waals surface area contributed by atoms with Crippen molar-refractivity contribution in [2.75, 3.05) is 0 Å². The lowest BCUT2D eigenvalue weighted by Gasteiger charge is -2.05. The van der Waals surface area contributed by atoms with E-state index in [0.717, 1.165) is 6.19 Å². The normalized spacial score (nSPS) is 8.29. The van der Waals surface area contributed by atoms with Gasteiger partial charge in [0.05, 0.1) is 0 Å². The van der Waals surface area contributed by atoms with E-state index in [1.54, 1.807) is 0 Å². The quantitative estimate of drug-likeness (QED) is 0.217. The summed E-state index contributed by atoms with van der Waals surface area (Å²) in [7, 11) is 0. The molecule has 0 fully saturated rings. The van der Waals surface area contributed by atoms with Crippen LogP contribution in [0.15, 0.2) is 0 Å². The van der Waals surface area contributed by atoms with Gasteiger partial charge in [0, 0.05) is 0 Å². The minimum atomic E-state index is -1.91. The molecule has 0 aliphatic rings. The zero-order valence-electron chi connectivity index (χ0n) is 6.24. The van der Waals surface area contributed by atoms with Crippen LogP contribution in [0.4, 0.5) is 14.4 Å². The largest absolute Gasteiger partial charge is 0.531 e. The van der Waals surface area contributed by atoms with E-state index in [4.69, 9.17) is 14.9 Å². The van der Waals surface area contributed by atoms with Crippen LogP contribution in [0.25, 0.3) is 0 Å². The predicted molar refractivity (Wildman–Crippen MR) is 38.7 cm³/mol. The number of carbonyl (C=O) groups is 3. The van der Waals surface area contributed by atoms with Crippen molar-refractivity contribution in [1.29, 1.82) is 5.26 Å². The summed E-state index contributed by atoms with van der Waals surface area (Å²) >= 11 is -0.396. The van der Waals surface area contributed by atoms with Crippen molar-refractivity contribution < 1.29 is 33.0 Å². The first-order valence-corrected chi connectivity index (χ1v) is 3.39. The molecule has 0 atom stereocenters.